The van der Waals surface area contributed by atoms with E-state index in [1.54, 1.807) is 11.3 Å². The van der Waals surface area contributed by atoms with Crippen LogP contribution in [0.4, 0.5) is 0 Å². The van der Waals surface area contributed by atoms with E-state index in [2.05, 4.69) is 39.1 Å². The second-order valence-electron chi connectivity index (χ2n) is 7.80. The van der Waals surface area contributed by atoms with Crippen LogP contribution in [0.1, 0.15) is 58.3 Å². The lowest BCUT2D eigenvalue weighted by atomic mass is 9.63. The summed E-state index contributed by atoms with van der Waals surface area (Å²) >= 11 is 7.87. The maximum absolute atomic E-state index is 6.11. The van der Waals surface area contributed by atoms with Crippen molar-refractivity contribution in [2.45, 2.75) is 59.8 Å². The molecule has 0 bridgehead atoms. The molecule has 1 aromatic rings. The summed E-state index contributed by atoms with van der Waals surface area (Å²) in [5.74, 6) is 0.874. The molecule has 0 radical (unpaired) electrons. The Bertz CT molecular complexity index is 438. The van der Waals surface area contributed by atoms with Gasteiger partial charge in [-0.25, -0.2) is 0 Å². The average molecular weight is 328 g/mol. The number of hydrogen-bond donors (Lipinski definition) is 1. The molecular formula is C18H30ClNS. The molecule has 0 saturated heterocycles. The molecule has 120 valence electrons. The minimum absolute atomic E-state index is 0.436. The monoisotopic (exact) mass is 327 g/mol. The van der Waals surface area contributed by atoms with E-state index in [0.717, 1.165) is 23.3 Å². The van der Waals surface area contributed by atoms with Crippen LogP contribution in [0.3, 0.4) is 0 Å². The molecule has 0 unspecified atom stereocenters. The molecule has 0 aliphatic heterocycles. The van der Waals surface area contributed by atoms with E-state index in [4.69, 9.17) is 11.6 Å². The Morgan fingerprint density at radius 1 is 1.29 bits per heavy atom. The first-order valence-electron chi connectivity index (χ1n) is 8.30. The highest BCUT2D eigenvalue weighted by atomic mass is 35.5. The predicted molar refractivity (Wildman–Crippen MR) is 95.4 cm³/mol. The second kappa shape index (κ2) is 7.02. The van der Waals surface area contributed by atoms with E-state index in [1.807, 2.05) is 6.07 Å². The van der Waals surface area contributed by atoms with Crippen LogP contribution in [-0.4, -0.2) is 13.1 Å². The van der Waals surface area contributed by atoms with Gasteiger partial charge in [-0.1, -0.05) is 39.3 Å². The number of rotatable bonds is 5. The van der Waals surface area contributed by atoms with E-state index >= 15 is 0 Å². The third-order valence-corrected chi connectivity index (χ3v) is 6.43. The summed E-state index contributed by atoms with van der Waals surface area (Å²) in [5, 5.41) is 3.61. The fraction of sp³-hybridized carbons (Fsp3) is 0.778. The molecule has 0 amide bonds. The zero-order valence-electron chi connectivity index (χ0n) is 14.0. The van der Waals surface area contributed by atoms with Crippen LogP contribution in [-0.2, 0) is 6.42 Å². The molecule has 1 nitrogen and oxygen atoms in total. The van der Waals surface area contributed by atoms with Gasteiger partial charge in [0.1, 0.15) is 0 Å². The van der Waals surface area contributed by atoms with Crippen LogP contribution in [0.2, 0.25) is 4.34 Å². The third kappa shape index (κ3) is 4.71. The van der Waals surface area contributed by atoms with E-state index in [-0.39, 0.29) is 0 Å². The summed E-state index contributed by atoms with van der Waals surface area (Å²) in [6.07, 6.45) is 6.62. The van der Waals surface area contributed by atoms with Crippen molar-refractivity contribution in [3.05, 3.63) is 21.3 Å². The molecule has 1 fully saturated rings. The summed E-state index contributed by atoms with van der Waals surface area (Å²) in [4.78, 5) is 1.45. The highest BCUT2D eigenvalue weighted by Gasteiger charge is 2.38. The minimum Gasteiger partial charge on any atom is -0.316 e. The van der Waals surface area contributed by atoms with Crippen molar-refractivity contribution in [2.75, 3.05) is 13.1 Å². The van der Waals surface area contributed by atoms with Crippen LogP contribution < -0.4 is 5.32 Å². The molecule has 2 rings (SSSR count). The average Bonchev–Trinajstić information content (AvgIpc) is 2.81. The lowest BCUT2D eigenvalue weighted by molar-refractivity contribution is 0.0871. The number of hydrogen-bond acceptors (Lipinski definition) is 2. The Labute approximate surface area is 139 Å². The lowest BCUT2D eigenvalue weighted by Crippen LogP contribution is -2.41. The zero-order valence-corrected chi connectivity index (χ0v) is 15.5. The molecule has 1 aromatic heterocycles. The quantitative estimate of drug-likeness (QED) is 0.723. The smallest absolute Gasteiger partial charge is 0.0931 e. The van der Waals surface area contributed by atoms with E-state index < -0.39 is 0 Å². The first-order chi connectivity index (χ1) is 9.85. The summed E-state index contributed by atoms with van der Waals surface area (Å²) in [6, 6.07) is 4.26. The molecule has 0 aromatic carbocycles. The Morgan fingerprint density at radius 2 is 1.95 bits per heavy atom. The fourth-order valence-corrected chi connectivity index (χ4v) is 4.98. The number of halogens is 1. The van der Waals surface area contributed by atoms with Gasteiger partial charge in [-0.15, -0.1) is 11.3 Å². The van der Waals surface area contributed by atoms with E-state index in [9.17, 15) is 0 Å². The van der Waals surface area contributed by atoms with Gasteiger partial charge in [0.25, 0.3) is 0 Å². The van der Waals surface area contributed by atoms with Gasteiger partial charge in [-0.2, -0.15) is 0 Å². The largest absolute Gasteiger partial charge is 0.316 e. The van der Waals surface area contributed by atoms with Crippen molar-refractivity contribution in [1.29, 1.82) is 0 Å². The molecule has 0 spiro atoms. The van der Waals surface area contributed by atoms with E-state index in [1.165, 1.54) is 37.0 Å². The van der Waals surface area contributed by atoms with Crippen molar-refractivity contribution < 1.29 is 0 Å². The van der Waals surface area contributed by atoms with Crippen molar-refractivity contribution in [3.8, 4) is 0 Å². The van der Waals surface area contributed by atoms with Gasteiger partial charge in [0.05, 0.1) is 4.34 Å². The van der Waals surface area contributed by atoms with Gasteiger partial charge in [-0.3, -0.25) is 0 Å². The number of nitrogens with one attached hydrogen (secondary N) is 1. The Morgan fingerprint density at radius 3 is 2.43 bits per heavy atom. The molecule has 3 heteroatoms. The van der Waals surface area contributed by atoms with Crippen molar-refractivity contribution in [3.63, 3.8) is 0 Å². The molecule has 1 N–H and O–H groups in total. The SMILES string of the molecule is CCNCC1(Cc2ccc(Cl)s2)CCC(C(C)(C)C)CC1. The third-order valence-electron chi connectivity index (χ3n) is 5.20. The van der Waals surface area contributed by atoms with Crippen LogP contribution in [0.5, 0.6) is 0 Å². The van der Waals surface area contributed by atoms with Crippen molar-refractivity contribution >= 4 is 22.9 Å². The summed E-state index contributed by atoms with van der Waals surface area (Å²) in [6.45, 7) is 11.6. The normalized spacial score (nSPS) is 27.0. The van der Waals surface area contributed by atoms with Crippen LogP contribution >= 0.6 is 22.9 Å². The van der Waals surface area contributed by atoms with Crippen molar-refractivity contribution in [1.82, 2.24) is 5.32 Å². The van der Waals surface area contributed by atoms with E-state index in [0.29, 0.717) is 10.8 Å². The highest BCUT2D eigenvalue weighted by Crippen LogP contribution is 2.47. The van der Waals surface area contributed by atoms with Gasteiger partial charge in [0, 0.05) is 11.4 Å². The standard InChI is InChI=1S/C18H30ClNS/c1-5-20-13-18(12-15-6-7-16(19)21-15)10-8-14(9-11-18)17(2,3)4/h6-7,14,20H,5,8-13H2,1-4H3. The van der Waals surface area contributed by atoms with Crippen molar-refractivity contribution in [2.24, 2.45) is 16.7 Å². The van der Waals surface area contributed by atoms with Gasteiger partial charge < -0.3 is 5.32 Å². The zero-order chi connectivity index (χ0) is 15.5. The summed E-state index contributed by atoms with van der Waals surface area (Å²) in [7, 11) is 0. The Hall–Kier alpha value is -0.0500. The molecule has 1 saturated carbocycles. The maximum atomic E-state index is 6.11. The maximum Gasteiger partial charge on any atom is 0.0931 e. The Kier molecular flexibility index (Phi) is 5.78. The van der Waals surface area contributed by atoms with Crippen LogP contribution in [0, 0.1) is 16.7 Å². The predicted octanol–water partition coefficient (Wildman–Crippen LogP) is 5.78. The summed E-state index contributed by atoms with van der Waals surface area (Å²) in [5.41, 5.74) is 0.891. The van der Waals surface area contributed by atoms with Gasteiger partial charge in [-0.05, 0) is 67.5 Å². The van der Waals surface area contributed by atoms with Gasteiger partial charge in [0.15, 0.2) is 0 Å². The Balaban J connectivity index is 2.05. The molecule has 0 atom stereocenters. The van der Waals surface area contributed by atoms with Gasteiger partial charge in [0.2, 0.25) is 0 Å². The summed E-state index contributed by atoms with van der Waals surface area (Å²) < 4.78 is 0.923. The second-order valence-corrected chi connectivity index (χ2v) is 9.60. The first kappa shape index (κ1) is 17.3. The molecular weight excluding hydrogens is 298 g/mol. The van der Waals surface area contributed by atoms with Crippen LogP contribution in [0.25, 0.3) is 0 Å². The first-order valence-corrected chi connectivity index (χ1v) is 9.49. The molecule has 21 heavy (non-hydrogen) atoms. The highest BCUT2D eigenvalue weighted by molar-refractivity contribution is 7.16. The molecule has 1 heterocycles. The molecule has 1 aliphatic carbocycles. The topological polar surface area (TPSA) is 12.0 Å². The lowest BCUT2D eigenvalue weighted by Gasteiger charge is -2.44. The van der Waals surface area contributed by atoms with Gasteiger partial charge >= 0.3 is 0 Å². The fourth-order valence-electron chi connectivity index (χ4n) is 3.72. The van der Waals surface area contributed by atoms with Crippen LogP contribution in [0.15, 0.2) is 12.1 Å². The molecule has 1 aliphatic rings. The minimum atomic E-state index is 0.436. The number of thiophene rings is 1.